The Labute approximate surface area is 100 Å². The molecule has 0 aromatic heterocycles. The first-order chi connectivity index (χ1) is 7.52. The highest BCUT2D eigenvalue weighted by molar-refractivity contribution is 6.34. The Morgan fingerprint density at radius 3 is 2.75 bits per heavy atom. The maximum absolute atomic E-state index is 11.0. The summed E-state index contributed by atoms with van der Waals surface area (Å²) in [6.45, 7) is 4.96. The summed E-state index contributed by atoms with van der Waals surface area (Å²) < 4.78 is 0. The van der Waals surface area contributed by atoms with Crippen LogP contribution in [0.1, 0.15) is 30.6 Å². The van der Waals surface area contributed by atoms with Crippen molar-refractivity contribution in [1.29, 1.82) is 0 Å². The second-order valence-electron chi connectivity index (χ2n) is 4.08. The fourth-order valence-corrected chi connectivity index (χ4v) is 1.61. The first kappa shape index (κ1) is 12.8. The number of anilines is 1. The first-order valence-electron chi connectivity index (χ1n) is 5.28. The Balaban J connectivity index is 2.80. The molecule has 0 saturated heterocycles. The van der Waals surface area contributed by atoms with E-state index in [4.69, 9.17) is 16.7 Å². The lowest BCUT2D eigenvalue weighted by Crippen LogP contribution is -2.09. The maximum Gasteiger partial charge on any atom is 0.337 e. The molecule has 0 heterocycles. The number of halogens is 1. The van der Waals surface area contributed by atoms with Gasteiger partial charge in [0.1, 0.15) is 0 Å². The minimum atomic E-state index is -0.963. The lowest BCUT2D eigenvalue weighted by molar-refractivity contribution is 0.0698. The molecule has 2 N–H and O–H groups in total. The van der Waals surface area contributed by atoms with Gasteiger partial charge in [-0.05, 0) is 24.5 Å². The molecule has 1 aromatic rings. The van der Waals surface area contributed by atoms with E-state index in [9.17, 15) is 4.79 Å². The number of carboxylic acids is 1. The highest BCUT2D eigenvalue weighted by Gasteiger charge is 2.12. The van der Waals surface area contributed by atoms with Crippen LogP contribution in [0.4, 0.5) is 5.69 Å². The Bertz CT molecular complexity index is 377. The molecule has 1 rings (SSSR count). The van der Waals surface area contributed by atoms with Crippen molar-refractivity contribution < 1.29 is 9.90 Å². The van der Waals surface area contributed by atoms with Gasteiger partial charge in [0.25, 0.3) is 0 Å². The van der Waals surface area contributed by atoms with Gasteiger partial charge in [0.05, 0.1) is 16.3 Å². The third-order valence-corrected chi connectivity index (χ3v) is 2.58. The first-order valence-corrected chi connectivity index (χ1v) is 5.66. The Kier molecular flexibility index (Phi) is 4.62. The lowest BCUT2D eigenvalue weighted by Gasteiger charge is -2.12. The van der Waals surface area contributed by atoms with E-state index in [-0.39, 0.29) is 5.56 Å². The van der Waals surface area contributed by atoms with Crippen molar-refractivity contribution in [3.8, 4) is 0 Å². The van der Waals surface area contributed by atoms with Gasteiger partial charge in [0, 0.05) is 6.54 Å². The van der Waals surface area contributed by atoms with E-state index < -0.39 is 5.97 Å². The Morgan fingerprint density at radius 1 is 1.50 bits per heavy atom. The topological polar surface area (TPSA) is 49.3 Å². The second-order valence-corrected chi connectivity index (χ2v) is 4.48. The standard InChI is InChI=1S/C12H16ClNO2/c1-8(2)6-7-14-11-9(12(15)16)4-3-5-10(11)13/h3-5,8,14H,6-7H2,1-2H3,(H,15,16). The number of para-hydroxylation sites is 1. The Morgan fingerprint density at radius 2 is 2.19 bits per heavy atom. The molecule has 1 aromatic carbocycles. The van der Waals surface area contributed by atoms with Gasteiger partial charge in [-0.1, -0.05) is 31.5 Å². The van der Waals surface area contributed by atoms with E-state index in [1.54, 1.807) is 18.2 Å². The second kappa shape index (κ2) is 5.75. The van der Waals surface area contributed by atoms with Gasteiger partial charge in [-0.3, -0.25) is 0 Å². The summed E-state index contributed by atoms with van der Waals surface area (Å²) in [5.74, 6) is -0.391. The molecular formula is C12H16ClNO2. The van der Waals surface area contributed by atoms with Crippen molar-refractivity contribution >= 4 is 23.3 Å². The van der Waals surface area contributed by atoms with Gasteiger partial charge in [0.2, 0.25) is 0 Å². The summed E-state index contributed by atoms with van der Waals surface area (Å²) in [7, 11) is 0. The normalized spacial score (nSPS) is 10.5. The maximum atomic E-state index is 11.0. The van der Waals surface area contributed by atoms with Crippen molar-refractivity contribution in [2.75, 3.05) is 11.9 Å². The van der Waals surface area contributed by atoms with Crippen molar-refractivity contribution in [1.82, 2.24) is 0 Å². The predicted octanol–water partition coefficient (Wildman–Crippen LogP) is 3.50. The summed E-state index contributed by atoms with van der Waals surface area (Å²) in [5.41, 5.74) is 0.730. The lowest BCUT2D eigenvalue weighted by atomic mass is 10.1. The average molecular weight is 242 g/mol. The highest BCUT2D eigenvalue weighted by Crippen LogP contribution is 2.26. The van der Waals surface area contributed by atoms with Crippen LogP contribution in [0, 0.1) is 5.92 Å². The summed E-state index contributed by atoms with van der Waals surface area (Å²) in [4.78, 5) is 11.0. The molecule has 16 heavy (non-hydrogen) atoms. The van der Waals surface area contributed by atoms with Crippen LogP contribution >= 0.6 is 11.6 Å². The molecule has 0 bridgehead atoms. The van der Waals surface area contributed by atoms with E-state index in [0.717, 1.165) is 13.0 Å². The fourth-order valence-electron chi connectivity index (χ4n) is 1.37. The summed E-state index contributed by atoms with van der Waals surface area (Å²) >= 11 is 5.96. The number of aromatic carboxylic acids is 1. The number of carboxylic acid groups (broad SMARTS) is 1. The quantitative estimate of drug-likeness (QED) is 0.830. The summed E-state index contributed by atoms with van der Waals surface area (Å²) in [6, 6.07) is 4.87. The molecule has 0 radical (unpaired) electrons. The van der Waals surface area contributed by atoms with Crippen LogP contribution in [0.5, 0.6) is 0 Å². The summed E-state index contributed by atoms with van der Waals surface area (Å²) in [5, 5.41) is 12.5. The van der Waals surface area contributed by atoms with Crippen LogP contribution in [0.2, 0.25) is 5.02 Å². The molecule has 0 atom stereocenters. The van der Waals surface area contributed by atoms with Crippen LogP contribution in [0.3, 0.4) is 0 Å². The number of nitrogens with one attached hydrogen (secondary N) is 1. The molecular weight excluding hydrogens is 226 g/mol. The molecule has 0 fully saturated rings. The number of carbonyl (C=O) groups is 1. The zero-order chi connectivity index (χ0) is 12.1. The van der Waals surface area contributed by atoms with Gasteiger partial charge in [0.15, 0.2) is 0 Å². The van der Waals surface area contributed by atoms with Gasteiger partial charge in [-0.15, -0.1) is 0 Å². The van der Waals surface area contributed by atoms with Crippen molar-refractivity contribution in [3.05, 3.63) is 28.8 Å². The van der Waals surface area contributed by atoms with Crippen molar-refractivity contribution in [2.45, 2.75) is 20.3 Å². The smallest absolute Gasteiger partial charge is 0.337 e. The van der Waals surface area contributed by atoms with E-state index in [2.05, 4.69) is 19.2 Å². The zero-order valence-electron chi connectivity index (χ0n) is 9.46. The van der Waals surface area contributed by atoms with Crippen LogP contribution in [-0.2, 0) is 0 Å². The molecule has 0 aliphatic heterocycles. The van der Waals surface area contributed by atoms with Crippen molar-refractivity contribution in [3.63, 3.8) is 0 Å². The van der Waals surface area contributed by atoms with E-state index in [1.807, 2.05) is 0 Å². The number of hydrogen-bond acceptors (Lipinski definition) is 2. The van der Waals surface area contributed by atoms with Crippen LogP contribution in [0.25, 0.3) is 0 Å². The van der Waals surface area contributed by atoms with E-state index in [1.165, 1.54) is 0 Å². The molecule has 0 saturated carbocycles. The van der Waals surface area contributed by atoms with Crippen LogP contribution in [0.15, 0.2) is 18.2 Å². The van der Waals surface area contributed by atoms with Crippen LogP contribution in [-0.4, -0.2) is 17.6 Å². The SMILES string of the molecule is CC(C)CCNc1c(Cl)cccc1C(=O)O. The van der Waals surface area contributed by atoms with Gasteiger partial charge < -0.3 is 10.4 Å². The minimum absolute atomic E-state index is 0.219. The number of rotatable bonds is 5. The number of benzene rings is 1. The monoisotopic (exact) mass is 241 g/mol. The number of hydrogen-bond donors (Lipinski definition) is 2. The molecule has 0 amide bonds. The highest BCUT2D eigenvalue weighted by atomic mass is 35.5. The third-order valence-electron chi connectivity index (χ3n) is 2.27. The summed E-state index contributed by atoms with van der Waals surface area (Å²) in [6.07, 6.45) is 0.976. The Hall–Kier alpha value is -1.22. The largest absolute Gasteiger partial charge is 0.478 e. The minimum Gasteiger partial charge on any atom is -0.478 e. The van der Waals surface area contributed by atoms with E-state index >= 15 is 0 Å². The van der Waals surface area contributed by atoms with Gasteiger partial charge in [-0.2, -0.15) is 0 Å². The fraction of sp³-hybridized carbons (Fsp3) is 0.417. The predicted molar refractivity (Wildman–Crippen MR) is 66.4 cm³/mol. The molecule has 0 unspecified atom stereocenters. The molecule has 0 aliphatic carbocycles. The van der Waals surface area contributed by atoms with Gasteiger partial charge >= 0.3 is 5.97 Å². The molecule has 0 aliphatic rings. The van der Waals surface area contributed by atoms with E-state index in [0.29, 0.717) is 16.6 Å². The molecule has 88 valence electrons. The molecule has 3 nitrogen and oxygen atoms in total. The van der Waals surface area contributed by atoms with Crippen molar-refractivity contribution in [2.24, 2.45) is 5.92 Å². The molecule has 0 spiro atoms. The molecule has 4 heteroatoms. The zero-order valence-corrected chi connectivity index (χ0v) is 10.2. The van der Waals surface area contributed by atoms with Gasteiger partial charge in [-0.25, -0.2) is 4.79 Å². The average Bonchev–Trinajstić information content (AvgIpc) is 2.19. The van der Waals surface area contributed by atoms with Crippen LogP contribution < -0.4 is 5.32 Å². The third kappa shape index (κ3) is 3.42.